The van der Waals surface area contributed by atoms with Gasteiger partial charge in [-0.2, -0.15) is 0 Å². The van der Waals surface area contributed by atoms with Crippen molar-refractivity contribution in [2.45, 2.75) is 24.7 Å². The predicted molar refractivity (Wildman–Crippen MR) is 103 cm³/mol. The molecule has 1 aliphatic rings. The van der Waals surface area contributed by atoms with Crippen molar-refractivity contribution in [3.8, 4) is 0 Å². The Labute approximate surface area is 162 Å². The molecule has 5 nitrogen and oxygen atoms in total. The fraction of sp³-hybridized carbons (Fsp3) is 0.368. The lowest BCUT2D eigenvalue weighted by Gasteiger charge is -2.31. The lowest BCUT2D eigenvalue weighted by atomic mass is 9.80. The summed E-state index contributed by atoms with van der Waals surface area (Å²) in [6.45, 7) is 3.74. The van der Waals surface area contributed by atoms with Crippen LogP contribution < -0.4 is 5.32 Å². The van der Waals surface area contributed by atoms with E-state index in [0.717, 1.165) is 10.5 Å². The third-order valence-electron chi connectivity index (χ3n) is 4.13. The Hall–Kier alpha value is -1.92. The van der Waals surface area contributed by atoms with Crippen LogP contribution in [0.5, 0.6) is 0 Å². The number of ether oxygens (including phenoxy) is 2. The number of hydrogen-bond acceptors (Lipinski definition) is 6. The van der Waals surface area contributed by atoms with E-state index in [9.17, 15) is 9.59 Å². The summed E-state index contributed by atoms with van der Waals surface area (Å²) in [6.07, 6.45) is 1.95. The molecule has 7 heteroatoms. The highest BCUT2D eigenvalue weighted by atomic mass is 35.5. The number of dihydropyridines is 1. The van der Waals surface area contributed by atoms with Crippen LogP contribution in [0.1, 0.15) is 25.3 Å². The molecule has 2 rings (SSSR count). The molecule has 0 radical (unpaired) electrons. The Kier molecular flexibility index (Phi) is 7.17. The second-order valence-corrected chi connectivity index (χ2v) is 6.69. The maximum atomic E-state index is 12.8. The number of allylic oxidation sites excluding steroid dienone is 2. The highest BCUT2D eigenvalue weighted by Crippen LogP contribution is 2.42. The van der Waals surface area contributed by atoms with Crippen LogP contribution in [0.2, 0.25) is 0 Å². The predicted octanol–water partition coefficient (Wildman–Crippen LogP) is 3.60. The van der Waals surface area contributed by atoms with Gasteiger partial charge in [-0.05, 0) is 31.7 Å². The highest BCUT2D eigenvalue weighted by molar-refractivity contribution is 7.98. The van der Waals surface area contributed by atoms with Gasteiger partial charge in [0, 0.05) is 16.3 Å². The summed E-state index contributed by atoms with van der Waals surface area (Å²) < 4.78 is 10.2. The fourth-order valence-corrected chi connectivity index (χ4v) is 3.90. The van der Waals surface area contributed by atoms with Gasteiger partial charge in [0.05, 0.1) is 36.7 Å². The molecule has 0 spiro atoms. The highest BCUT2D eigenvalue weighted by Gasteiger charge is 2.39. The first-order valence-electron chi connectivity index (χ1n) is 8.15. The van der Waals surface area contributed by atoms with Gasteiger partial charge < -0.3 is 14.8 Å². The van der Waals surface area contributed by atoms with E-state index in [-0.39, 0.29) is 12.5 Å². The lowest BCUT2D eigenvalue weighted by Crippen LogP contribution is -2.34. The largest absolute Gasteiger partial charge is 0.466 e. The summed E-state index contributed by atoms with van der Waals surface area (Å²) in [7, 11) is 1.32. The third kappa shape index (κ3) is 3.91. The first kappa shape index (κ1) is 20.4. The number of nitrogens with one attached hydrogen (secondary N) is 1. The van der Waals surface area contributed by atoms with Gasteiger partial charge >= 0.3 is 11.9 Å². The van der Waals surface area contributed by atoms with Gasteiger partial charge in [-0.1, -0.05) is 18.2 Å². The SMILES string of the molecule is CCOC(=O)C1=C(CCl)NC(C)=C(C(=O)OC)C1c1ccccc1SC. The van der Waals surface area contributed by atoms with E-state index in [1.807, 2.05) is 30.5 Å². The molecule has 1 aromatic rings. The Morgan fingerprint density at radius 3 is 2.50 bits per heavy atom. The van der Waals surface area contributed by atoms with Crippen LogP contribution in [0, 0.1) is 0 Å². The molecule has 1 atom stereocenters. The average molecular weight is 396 g/mol. The summed E-state index contributed by atoms with van der Waals surface area (Å²) in [5.74, 6) is -1.50. The number of esters is 2. The Bertz CT molecular complexity index is 773. The summed E-state index contributed by atoms with van der Waals surface area (Å²) >= 11 is 7.64. The molecular weight excluding hydrogens is 374 g/mol. The van der Waals surface area contributed by atoms with E-state index in [4.69, 9.17) is 21.1 Å². The van der Waals surface area contributed by atoms with Crippen molar-refractivity contribution in [3.05, 3.63) is 52.4 Å². The number of rotatable bonds is 6. The van der Waals surface area contributed by atoms with Crippen LogP contribution in [0.25, 0.3) is 0 Å². The van der Waals surface area contributed by atoms with Crippen molar-refractivity contribution in [1.29, 1.82) is 0 Å². The minimum absolute atomic E-state index is 0.0951. The molecule has 0 amide bonds. The minimum atomic E-state index is -0.611. The van der Waals surface area contributed by atoms with Crippen LogP contribution in [0.3, 0.4) is 0 Å². The monoisotopic (exact) mass is 395 g/mol. The van der Waals surface area contributed by atoms with Crippen molar-refractivity contribution in [1.82, 2.24) is 5.32 Å². The van der Waals surface area contributed by atoms with Crippen molar-refractivity contribution in [2.75, 3.05) is 25.9 Å². The quantitative estimate of drug-likeness (QED) is 0.451. The van der Waals surface area contributed by atoms with E-state index in [0.29, 0.717) is 22.5 Å². The minimum Gasteiger partial charge on any atom is -0.466 e. The molecule has 1 aliphatic heterocycles. The van der Waals surface area contributed by atoms with E-state index in [2.05, 4.69) is 5.32 Å². The molecule has 26 heavy (non-hydrogen) atoms. The van der Waals surface area contributed by atoms with Crippen LogP contribution >= 0.6 is 23.4 Å². The van der Waals surface area contributed by atoms with Crippen molar-refractivity contribution in [2.24, 2.45) is 0 Å². The molecule has 0 saturated carbocycles. The molecule has 1 N–H and O–H groups in total. The molecular formula is C19H22ClNO4S. The zero-order chi connectivity index (χ0) is 19.3. The molecule has 1 heterocycles. The number of thioether (sulfide) groups is 1. The van der Waals surface area contributed by atoms with E-state index in [1.165, 1.54) is 7.11 Å². The number of hydrogen-bond donors (Lipinski definition) is 1. The smallest absolute Gasteiger partial charge is 0.336 e. The maximum absolute atomic E-state index is 12.8. The number of carbonyl (C=O) groups is 2. The number of carbonyl (C=O) groups excluding carboxylic acids is 2. The average Bonchev–Trinajstić information content (AvgIpc) is 2.66. The molecule has 0 aliphatic carbocycles. The van der Waals surface area contributed by atoms with Gasteiger partial charge in [-0.3, -0.25) is 0 Å². The maximum Gasteiger partial charge on any atom is 0.336 e. The Morgan fingerprint density at radius 2 is 1.92 bits per heavy atom. The van der Waals surface area contributed by atoms with Gasteiger partial charge in [-0.25, -0.2) is 9.59 Å². The molecule has 140 valence electrons. The normalized spacial score (nSPS) is 17.0. The van der Waals surface area contributed by atoms with E-state index >= 15 is 0 Å². The van der Waals surface area contributed by atoms with Gasteiger partial charge in [-0.15, -0.1) is 23.4 Å². The molecule has 0 aromatic heterocycles. The molecule has 0 fully saturated rings. The topological polar surface area (TPSA) is 64.6 Å². The number of methoxy groups -OCH3 is 1. The summed E-state index contributed by atoms with van der Waals surface area (Å²) in [4.78, 5) is 26.3. The van der Waals surface area contributed by atoms with E-state index in [1.54, 1.807) is 25.6 Å². The molecule has 0 bridgehead atoms. The van der Waals surface area contributed by atoms with Crippen LogP contribution in [0.4, 0.5) is 0 Å². The van der Waals surface area contributed by atoms with Gasteiger partial charge in [0.1, 0.15) is 0 Å². The first-order valence-corrected chi connectivity index (χ1v) is 9.91. The van der Waals surface area contributed by atoms with Crippen LogP contribution in [-0.2, 0) is 19.1 Å². The number of benzene rings is 1. The lowest BCUT2D eigenvalue weighted by molar-refractivity contribution is -0.139. The number of alkyl halides is 1. The second kappa shape index (κ2) is 9.14. The zero-order valence-corrected chi connectivity index (χ0v) is 16.8. The van der Waals surface area contributed by atoms with Gasteiger partial charge in [0.15, 0.2) is 0 Å². The van der Waals surface area contributed by atoms with Crippen molar-refractivity contribution < 1.29 is 19.1 Å². The van der Waals surface area contributed by atoms with Crippen molar-refractivity contribution in [3.63, 3.8) is 0 Å². The van der Waals surface area contributed by atoms with Crippen LogP contribution in [-0.4, -0.2) is 37.8 Å². The van der Waals surface area contributed by atoms with Gasteiger partial charge in [0.2, 0.25) is 0 Å². The summed E-state index contributed by atoms with van der Waals surface area (Å²) in [5.41, 5.74) is 2.71. The third-order valence-corrected chi connectivity index (χ3v) is 5.21. The standard InChI is InChI=1S/C19H22ClNO4S/c1-5-25-19(23)17-13(10-20)21-11(2)15(18(22)24-3)16(17)12-8-6-7-9-14(12)26-4/h6-9,16,21H,5,10H2,1-4H3. The first-order chi connectivity index (χ1) is 12.5. The Balaban J connectivity index is 2.76. The zero-order valence-electron chi connectivity index (χ0n) is 15.2. The van der Waals surface area contributed by atoms with Gasteiger partial charge in [0.25, 0.3) is 0 Å². The summed E-state index contributed by atoms with van der Waals surface area (Å²) in [5, 5.41) is 3.08. The van der Waals surface area contributed by atoms with E-state index < -0.39 is 17.9 Å². The molecule has 1 unspecified atom stereocenters. The van der Waals surface area contributed by atoms with Crippen molar-refractivity contribution >= 4 is 35.3 Å². The summed E-state index contributed by atoms with van der Waals surface area (Å²) in [6, 6.07) is 7.66. The fourth-order valence-electron chi connectivity index (χ4n) is 3.05. The van der Waals surface area contributed by atoms with Crippen LogP contribution in [0.15, 0.2) is 51.7 Å². The number of halogens is 1. The Morgan fingerprint density at radius 1 is 1.23 bits per heavy atom. The molecule has 0 saturated heterocycles. The molecule has 1 aromatic carbocycles. The second-order valence-electron chi connectivity index (χ2n) is 5.58.